The van der Waals surface area contributed by atoms with Gasteiger partial charge in [-0.1, -0.05) is 6.07 Å². The molecule has 2 rings (SSSR count). The van der Waals surface area contributed by atoms with Gasteiger partial charge < -0.3 is 20.7 Å². The predicted octanol–water partition coefficient (Wildman–Crippen LogP) is 3.09. The van der Waals surface area contributed by atoms with Crippen LogP contribution < -0.4 is 20.7 Å². The highest BCUT2D eigenvalue weighted by Gasteiger charge is 2.05. The first-order chi connectivity index (χ1) is 9.11. The Bertz CT molecular complexity index is 550. The molecule has 0 aliphatic rings. The van der Waals surface area contributed by atoms with E-state index in [4.69, 9.17) is 10.5 Å². The molecular formula is C15H19N3O. The second-order valence-corrected chi connectivity index (χ2v) is 4.49. The van der Waals surface area contributed by atoms with E-state index in [2.05, 4.69) is 22.3 Å². The number of nitrogens with one attached hydrogen (secondary N) is 1. The maximum absolute atomic E-state index is 6.02. The van der Waals surface area contributed by atoms with Crippen LogP contribution in [0.4, 0.5) is 22.7 Å². The molecule has 0 saturated heterocycles. The number of anilines is 4. The molecule has 0 bridgehead atoms. The Morgan fingerprint density at radius 3 is 2.32 bits per heavy atom. The summed E-state index contributed by atoms with van der Waals surface area (Å²) in [6.45, 7) is 0. The summed E-state index contributed by atoms with van der Waals surface area (Å²) in [6.07, 6.45) is 0. The average Bonchev–Trinajstić information content (AvgIpc) is 2.42. The highest BCUT2D eigenvalue weighted by molar-refractivity contribution is 5.77. The van der Waals surface area contributed by atoms with Gasteiger partial charge in [0.05, 0.1) is 18.5 Å². The molecule has 0 heterocycles. The van der Waals surface area contributed by atoms with Crippen molar-refractivity contribution in [3.05, 3.63) is 42.5 Å². The minimum absolute atomic E-state index is 0.613. The Kier molecular flexibility index (Phi) is 3.80. The van der Waals surface area contributed by atoms with E-state index in [0.29, 0.717) is 11.4 Å². The lowest BCUT2D eigenvalue weighted by molar-refractivity contribution is 0.417. The van der Waals surface area contributed by atoms with Gasteiger partial charge in [0, 0.05) is 25.5 Å². The van der Waals surface area contributed by atoms with Gasteiger partial charge in [0.2, 0.25) is 0 Å². The molecule has 0 saturated carbocycles. The summed E-state index contributed by atoms with van der Waals surface area (Å²) in [5.41, 5.74) is 9.63. The molecule has 4 nitrogen and oxygen atoms in total. The molecule has 0 aliphatic carbocycles. The number of para-hydroxylation sites is 1. The lowest BCUT2D eigenvalue weighted by Gasteiger charge is -2.15. The number of benzene rings is 2. The van der Waals surface area contributed by atoms with Crippen LogP contribution in [-0.2, 0) is 0 Å². The first-order valence-corrected chi connectivity index (χ1v) is 6.08. The van der Waals surface area contributed by atoms with Crippen LogP contribution in [0.3, 0.4) is 0 Å². The van der Waals surface area contributed by atoms with Crippen molar-refractivity contribution < 1.29 is 4.74 Å². The molecule has 0 fully saturated rings. The fourth-order valence-electron chi connectivity index (χ4n) is 1.83. The van der Waals surface area contributed by atoms with Gasteiger partial charge >= 0.3 is 0 Å². The average molecular weight is 257 g/mol. The lowest BCUT2D eigenvalue weighted by Crippen LogP contribution is -2.08. The Hall–Kier alpha value is -2.36. The van der Waals surface area contributed by atoms with Crippen molar-refractivity contribution >= 4 is 22.7 Å². The summed E-state index contributed by atoms with van der Waals surface area (Å²) in [6, 6.07) is 13.8. The van der Waals surface area contributed by atoms with E-state index in [0.717, 1.165) is 17.1 Å². The second-order valence-electron chi connectivity index (χ2n) is 4.49. The van der Waals surface area contributed by atoms with Crippen LogP contribution in [0.1, 0.15) is 0 Å². The molecule has 4 heteroatoms. The number of hydrogen-bond donors (Lipinski definition) is 2. The van der Waals surface area contributed by atoms with Crippen LogP contribution in [0.15, 0.2) is 42.5 Å². The molecule has 0 aromatic heterocycles. The predicted molar refractivity (Wildman–Crippen MR) is 81.5 cm³/mol. The molecular weight excluding hydrogens is 238 g/mol. The molecule has 0 atom stereocenters. The SMILES string of the molecule is COc1cccc(Nc2ccc(N(C)C)cc2)c1N. The Balaban J connectivity index is 2.21. The van der Waals surface area contributed by atoms with Gasteiger partial charge in [-0.2, -0.15) is 0 Å². The number of rotatable bonds is 4. The van der Waals surface area contributed by atoms with E-state index < -0.39 is 0 Å². The largest absolute Gasteiger partial charge is 0.495 e. The van der Waals surface area contributed by atoms with Gasteiger partial charge in [-0.15, -0.1) is 0 Å². The van der Waals surface area contributed by atoms with Gasteiger partial charge in [0.1, 0.15) is 5.75 Å². The van der Waals surface area contributed by atoms with E-state index in [-0.39, 0.29) is 0 Å². The fraction of sp³-hybridized carbons (Fsp3) is 0.200. The summed E-state index contributed by atoms with van der Waals surface area (Å²) in [5, 5.41) is 3.29. The third-order valence-electron chi connectivity index (χ3n) is 2.95. The Morgan fingerprint density at radius 2 is 1.74 bits per heavy atom. The van der Waals surface area contributed by atoms with Crippen LogP contribution in [0, 0.1) is 0 Å². The number of nitrogens with zero attached hydrogens (tertiary/aromatic N) is 1. The zero-order chi connectivity index (χ0) is 13.8. The van der Waals surface area contributed by atoms with Gasteiger partial charge in [0.25, 0.3) is 0 Å². The van der Waals surface area contributed by atoms with Gasteiger partial charge in [0.15, 0.2) is 0 Å². The van der Waals surface area contributed by atoms with E-state index in [9.17, 15) is 0 Å². The van der Waals surface area contributed by atoms with Crippen molar-refractivity contribution in [2.45, 2.75) is 0 Å². The number of ether oxygens (including phenoxy) is 1. The number of hydrogen-bond acceptors (Lipinski definition) is 4. The third-order valence-corrected chi connectivity index (χ3v) is 2.95. The van der Waals surface area contributed by atoms with Crippen LogP contribution in [0.5, 0.6) is 5.75 Å². The number of nitrogen functional groups attached to an aromatic ring is 1. The number of nitrogens with two attached hydrogens (primary N) is 1. The van der Waals surface area contributed by atoms with E-state index in [1.807, 2.05) is 44.4 Å². The standard InChI is InChI=1S/C15H19N3O/c1-18(2)12-9-7-11(8-10-12)17-13-5-4-6-14(19-3)15(13)16/h4-10,17H,16H2,1-3H3. The topological polar surface area (TPSA) is 50.5 Å². The molecule has 0 aliphatic heterocycles. The van der Waals surface area contributed by atoms with Crippen molar-refractivity contribution in [3.8, 4) is 5.75 Å². The van der Waals surface area contributed by atoms with Crippen molar-refractivity contribution in [1.82, 2.24) is 0 Å². The molecule has 19 heavy (non-hydrogen) atoms. The third kappa shape index (κ3) is 2.91. The van der Waals surface area contributed by atoms with Gasteiger partial charge in [-0.05, 0) is 36.4 Å². The molecule has 3 N–H and O–H groups in total. The van der Waals surface area contributed by atoms with E-state index in [1.165, 1.54) is 0 Å². The van der Waals surface area contributed by atoms with Crippen LogP contribution in [0.2, 0.25) is 0 Å². The van der Waals surface area contributed by atoms with Crippen LogP contribution >= 0.6 is 0 Å². The summed E-state index contributed by atoms with van der Waals surface area (Å²) in [4.78, 5) is 2.06. The fourth-order valence-corrected chi connectivity index (χ4v) is 1.83. The molecule has 0 radical (unpaired) electrons. The summed E-state index contributed by atoms with van der Waals surface area (Å²) in [5.74, 6) is 0.676. The number of methoxy groups -OCH3 is 1. The van der Waals surface area contributed by atoms with Crippen LogP contribution in [0.25, 0.3) is 0 Å². The Morgan fingerprint density at radius 1 is 1.05 bits per heavy atom. The first kappa shape index (κ1) is 13.1. The first-order valence-electron chi connectivity index (χ1n) is 6.08. The smallest absolute Gasteiger partial charge is 0.143 e. The monoisotopic (exact) mass is 257 g/mol. The quantitative estimate of drug-likeness (QED) is 0.826. The maximum atomic E-state index is 6.02. The maximum Gasteiger partial charge on any atom is 0.143 e. The minimum atomic E-state index is 0.613. The molecule has 100 valence electrons. The zero-order valence-corrected chi connectivity index (χ0v) is 11.5. The molecule has 0 unspecified atom stereocenters. The molecule has 2 aromatic rings. The van der Waals surface area contributed by atoms with Gasteiger partial charge in [-0.3, -0.25) is 0 Å². The minimum Gasteiger partial charge on any atom is -0.495 e. The van der Waals surface area contributed by atoms with E-state index >= 15 is 0 Å². The molecule has 2 aromatic carbocycles. The van der Waals surface area contributed by atoms with Crippen molar-refractivity contribution in [2.75, 3.05) is 37.2 Å². The van der Waals surface area contributed by atoms with Gasteiger partial charge in [-0.25, -0.2) is 0 Å². The van der Waals surface area contributed by atoms with E-state index in [1.54, 1.807) is 7.11 Å². The molecule has 0 amide bonds. The second kappa shape index (κ2) is 5.52. The molecule has 0 spiro atoms. The lowest BCUT2D eigenvalue weighted by atomic mass is 10.2. The van der Waals surface area contributed by atoms with Crippen molar-refractivity contribution in [2.24, 2.45) is 0 Å². The van der Waals surface area contributed by atoms with Crippen molar-refractivity contribution in [1.29, 1.82) is 0 Å². The Labute approximate surface area is 113 Å². The summed E-state index contributed by atoms with van der Waals surface area (Å²) >= 11 is 0. The highest BCUT2D eigenvalue weighted by Crippen LogP contribution is 2.31. The summed E-state index contributed by atoms with van der Waals surface area (Å²) in [7, 11) is 5.65. The highest BCUT2D eigenvalue weighted by atomic mass is 16.5. The normalized spacial score (nSPS) is 10.1. The summed E-state index contributed by atoms with van der Waals surface area (Å²) < 4.78 is 5.20. The van der Waals surface area contributed by atoms with Crippen LogP contribution in [-0.4, -0.2) is 21.2 Å². The zero-order valence-electron chi connectivity index (χ0n) is 11.5. The van der Waals surface area contributed by atoms with Crippen molar-refractivity contribution in [3.63, 3.8) is 0 Å².